The number of sulfonamides is 1. The summed E-state index contributed by atoms with van der Waals surface area (Å²) in [4.78, 5) is 11.7. The summed E-state index contributed by atoms with van der Waals surface area (Å²) < 4.78 is 32.4. The van der Waals surface area contributed by atoms with E-state index in [1.54, 1.807) is 14.2 Å². The van der Waals surface area contributed by atoms with Crippen molar-refractivity contribution in [3.63, 3.8) is 0 Å². The van der Waals surface area contributed by atoms with Gasteiger partial charge in [-0.3, -0.25) is 4.79 Å². The minimum atomic E-state index is -3.54. The highest BCUT2D eigenvalue weighted by Crippen LogP contribution is 2.24. The highest BCUT2D eigenvalue weighted by atomic mass is 32.2. The van der Waals surface area contributed by atoms with Gasteiger partial charge in [0.15, 0.2) is 0 Å². The molecule has 1 aliphatic rings. The quantitative estimate of drug-likeness (QED) is 0.802. The molecule has 1 N–H and O–H groups in total. The average molecular weight is 287 g/mol. The summed E-state index contributed by atoms with van der Waals surface area (Å²) in [7, 11) is 1.16. The molecule has 1 aromatic heterocycles. The molecule has 0 aromatic carbocycles. The zero-order valence-corrected chi connectivity index (χ0v) is 11.9. The molecule has 0 saturated carbocycles. The van der Waals surface area contributed by atoms with E-state index in [0.717, 1.165) is 0 Å². The third-order valence-electron chi connectivity index (χ3n) is 3.23. The molecule has 1 aromatic rings. The molecule has 0 radical (unpaired) electrons. The van der Waals surface area contributed by atoms with Crippen molar-refractivity contribution in [2.75, 3.05) is 27.2 Å². The number of hydrogen-bond donors (Lipinski definition) is 1. The summed E-state index contributed by atoms with van der Waals surface area (Å²) in [6.45, 7) is 0.700. The molecule has 8 heteroatoms. The second-order valence-corrected chi connectivity index (χ2v) is 6.37. The Morgan fingerprint density at radius 3 is 2.63 bits per heavy atom. The summed E-state index contributed by atoms with van der Waals surface area (Å²) in [5.74, 6) is -0.317. The summed E-state index contributed by atoms with van der Waals surface area (Å²) >= 11 is 0. The smallest absolute Gasteiger partial charge is 0.267 e. The Morgan fingerprint density at radius 1 is 1.47 bits per heavy atom. The Labute approximate surface area is 112 Å². The van der Waals surface area contributed by atoms with Gasteiger partial charge < -0.3 is 14.6 Å². The number of hydrogen-bond acceptors (Lipinski definition) is 4. The van der Waals surface area contributed by atoms with E-state index in [1.807, 2.05) is 0 Å². The van der Waals surface area contributed by atoms with Gasteiger partial charge in [-0.15, -0.1) is 0 Å². The number of nitrogens with zero attached hydrogens (tertiary/aromatic N) is 2. The van der Waals surface area contributed by atoms with Gasteiger partial charge in [0.05, 0.1) is 6.10 Å². The molecule has 7 nitrogen and oxygen atoms in total. The molecule has 1 aliphatic heterocycles. The Bertz CT molecular complexity index is 587. The maximum Gasteiger partial charge on any atom is 0.267 e. The van der Waals surface area contributed by atoms with Gasteiger partial charge in [0.25, 0.3) is 5.91 Å². The van der Waals surface area contributed by atoms with Crippen LogP contribution in [-0.2, 0) is 21.8 Å². The Morgan fingerprint density at radius 2 is 2.11 bits per heavy atom. The first kappa shape index (κ1) is 14.0. The van der Waals surface area contributed by atoms with Gasteiger partial charge in [0.2, 0.25) is 10.0 Å². The number of rotatable bonds is 4. The normalized spacial score (nSPS) is 17.2. The zero-order chi connectivity index (χ0) is 14.2. The van der Waals surface area contributed by atoms with Gasteiger partial charge in [-0.1, -0.05) is 0 Å². The lowest BCUT2D eigenvalue weighted by Gasteiger charge is -2.36. The molecule has 1 saturated heterocycles. The van der Waals surface area contributed by atoms with Crippen LogP contribution in [0.25, 0.3) is 0 Å². The summed E-state index contributed by atoms with van der Waals surface area (Å²) in [6, 6.07) is 1.38. The predicted octanol–water partition coefficient (Wildman–Crippen LogP) is -0.596. The maximum atomic E-state index is 12.3. The summed E-state index contributed by atoms with van der Waals surface area (Å²) in [5, 5.41) is 2.47. The number of amides is 1. The van der Waals surface area contributed by atoms with Gasteiger partial charge in [-0.2, -0.15) is 4.31 Å². The topological polar surface area (TPSA) is 80.6 Å². The molecular formula is C11H17N3O4S. The minimum Gasteiger partial charge on any atom is -0.379 e. The van der Waals surface area contributed by atoms with Crippen LogP contribution in [0.5, 0.6) is 0 Å². The first-order valence-electron chi connectivity index (χ1n) is 5.81. The number of carbonyl (C=O) groups is 1. The van der Waals surface area contributed by atoms with Crippen molar-refractivity contribution in [1.82, 2.24) is 14.2 Å². The van der Waals surface area contributed by atoms with E-state index >= 15 is 0 Å². The first-order valence-corrected chi connectivity index (χ1v) is 7.25. The van der Waals surface area contributed by atoms with E-state index in [2.05, 4.69) is 5.32 Å². The highest BCUT2D eigenvalue weighted by molar-refractivity contribution is 7.89. The van der Waals surface area contributed by atoms with E-state index in [9.17, 15) is 13.2 Å². The van der Waals surface area contributed by atoms with Crippen LogP contribution < -0.4 is 5.32 Å². The van der Waals surface area contributed by atoms with Crippen molar-refractivity contribution in [1.29, 1.82) is 0 Å². The second-order valence-electron chi connectivity index (χ2n) is 4.43. The number of aryl methyl sites for hydroxylation is 1. The van der Waals surface area contributed by atoms with Gasteiger partial charge in [0, 0.05) is 40.5 Å². The fraction of sp³-hybridized carbons (Fsp3) is 0.545. The van der Waals surface area contributed by atoms with E-state index in [-0.39, 0.29) is 16.9 Å². The van der Waals surface area contributed by atoms with E-state index in [4.69, 9.17) is 4.74 Å². The van der Waals surface area contributed by atoms with Crippen LogP contribution in [0.4, 0.5) is 0 Å². The van der Waals surface area contributed by atoms with Gasteiger partial charge >= 0.3 is 0 Å². The van der Waals surface area contributed by atoms with Crippen LogP contribution in [0.15, 0.2) is 17.2 Å². The third-order valence-corrected chi connectivity index (χ3v) is 5.02. The molecule has 1 fully saturated rings. The SMILES string of the molecule is CNC(=O)c1cc(S(=O)(=O)N2CC(OC)C2)cn1C. The van der Waals surface area contributed by atoms with Crippen LogP contribution in [-0.4, -0.2) is 56.5 Å². The standard InChI is InChI=1S/C11H17N3O4S/c1-12-11(15)10-4-9(7-13(10)2)19(16,17)14-5-8(6-14)18-3/h4,7-8H,5-6H2,1-3H3,(H,12,15). The molecule has 106 valence electrons. The van der Waals surface area contributed by atoms with Crippen molar-refractivity contribution in [3.8, 4) is 0 Å². The zero-order valence-electron chi connectivity index (χ0n) is 11.1. The van der Waals surface area contributed by atoms with Crippen LogP contribution in [0.1, 0.15) is 10.5 Å². The lowest BCUT2D eigenvalue weighted by molar-refractivity contribution is 0.0125. The molecular weight excluding hydrogens is 270 g/mol. The van der Waals surface area contributed by atoms with Gasteiger partial charge in [0.1, 0.15) is 10.6 Å². The largest absolute Gasteiger partial charge is 0.379 e. The minimum absolute atomic E-state index is 0.0445. The average Bonchev–Trinajstić information content (AvgIpc) is 2.69. The van der Waals surface area contributed by atoms with Crippen molar-refractivity contribution < 1.29 is 17.9 Å². The Kier molecular flexibility index (Phi) is 3.66. The lowest BCUT2D eigenvalue weighted by Crippen LogP contribution is -2.54. The van der Waals surface area contributed by atoms with Gasteiger partial charge in [-0.25, -0.2) is 8.42 Å². The first-order chi connectivity index (χ1) is 8.90. The lowest BCUT2D eigenvalue weighted by atomic mass is 10.2. The number of methoxy groups -OCH3 is 1. The number of nitrogens with one attached hydrogen (secondary N) is 1. The number of aromatic nitrogens is 1. The summed E-state index contributed by atoms with van der Waals surface area (Å²) in [5.41, 5.74) is 0.310. The van der Waals surface area contributed by atoms with Crippen molar-refractivity contribution >= 4 is 15.9 Å². The number of carbonyl (C=O) groups excluding carboxylic acids is 1. The Hall–Kier alpha value is -1.38. The van der Waals surface area contributed by atoms with Crippen molar-refractivity contribution in [2.24, 2.45) is 7.05 Å². The highest BCUT2D eigenvalue weighted by Gasteiger charge is 2.37. The van der Waals surface area contributed by atoms with Crippen molar-refractivity contribution in [3.05, 3.63) is 18.0 Å². The van der Waals surface area contributed by atoms with Crippen LogP contribution in [0, 0.1) is 0 Å². The monoisotopic (exact) mass is 287 g/mol. The molecule has 1 amide bonds. The van der Waals surface area contributed by atoms with Crippen molar-refractivity contribution in [2.45, 2.75) is 11.0 Å². The fourth-order valence-electron chi connectivity index (χ4n) is 1.92. The second kappa shape index (κ2) is 4.95. The van der Waals surface area contributed by atoms with Crippen LogP contribution in [0.2, 0.25) is 0 Å². The molecule has 2 heterocycles. The predicted molar refractivity (Wildman–Crippen MR) is 68.4 cm³/mol. The van der Waals surface area contributed by atoms with Crippen LogP contribution >= 0.6 is 0 Å². The molecule has 0 unspecified atom stereocenters. The molecule has 19 heavy (non-hydrogen) atoms. The molecule has 0 spiro atoms. The molecule has 0 bridgehead atoms. The van der Waals surface area contributed by atoms with E-state index in [1.165, 1.54) is 28.2 Å². The Balaban J connectivity index is 2.25. The van der Waals surface area contributed by atoms with E-state index in [0.29, 0.717) is 18.8 Å². The van der Waals surface area contributed by atoms with Crippen LogP contribution in [0.3, 0.4) is 0 Å². The molecule has 2 rings (SSSR count). The molecule has 0 aliphatic carbocycles. The van der Waals surface area contributed by atoms with E-state index < -0.39 is 10.0 Å². The third kappa shape index (κ3) is 2.38. The summed E-state index contributed by atoms with van der Waals surface area (Å²) in [6.07, 6.45) is 1.40. The van der Waals surface area contributed by atoms with Gasteiger partial charge in [-0.05, 0) is 6.07 Å². The maximum absolute atomic E-state index is 12.3. The fourth-order valence-corrected chi connectivity index (χ4v) is 3.50. The molecule has 0 atom stereocenters. The number of ether oxygens (including phenoxy) is 1.